The third kappa shape index (κ3) is 5.76. The van der Waals surface area contributed by atoms with E-state index in [0.29, 0.717) is 11.7 Å². The van der Waals surface area contributed by atoms with Gasteiger partial charge in [-0.15, -0.1) is 10.2 Å². The summed E-state index contributed by atoms with van der Waals surface area (Å²) in [6.45, 7) is 6.09. The van der Waals surface area contributed by atoms with Crippen LogP contribution in [0.25, 0.3) is 0 Å². The highest BCUT2D eigenvalue weighted by molar-refractivity contribution is 8.01. The number of furan rings is 1. The molecule has 2 rings (SSSR count). The fraction of sp³-hybridized carbons (Fsp3) is 0.462. The monoisotopic (exact) mass is 327 g/mol. The van der Waals surface area contributed by atoms with Crippen molar-refractivity contribution in [3.8, 4) is 0 Å². The Morgan fingerprint density at radius 3 is 2.95 bits per heavy atom. The first-order valence-electron chi connectivity index (χ1n) is 6.37. The van der Waals surface area contributed by atoms with Crippen molar-refractivity contribution in [2.45, 2.75) is 37.3 Å². The third-order valence-electron chi connectivity index (χ3n) is 2.13. The molecule has 0 amide bonds. The van der Waals surface area contributed by atoms with Gasteiger partial charge in [0.2, 0.25) is 5.13 Å². The van der Waals surface area contributed by atoms with Gasteiger partial charge in [-0.3, -0.25) is 4.79 Å². The van der Waals surface area contributed by atoms with Crippen LogP contribution >= 0.6 is 23.1 Å². The third-order valence-corrected chi connectivity index (χ3v) is 4.12. The van der Waals surface area contributed by atoms with E-state index in [1.165, 1.54) is 23.1 Å². The molecule has 0 aliphatic heterocycles. The maximum Gasteiger partial charge on any atom is 0.316 e. The van der Waals surface area contributed by atoms with Crippen LogP contribution in [0.3, 0.4) is 0 Å². The van der Waals surface area contributed by atoms with Crippen molar-refractivity contribution in [2.75, 3.05) is 11.1 Å². The summed E-state index contributed by atoms with van der Waals surface area (Å²) in [6.07, 6.45) is 1.62. The predicted octanol–water partition coefficient (Wildman–Crippen LogP) is 3.18. The number of hydrogen-bond donors (Lipinski definition) is 1. The van der Waals surface area contributed by atoms with E-state index in [2.05, 4.69) is 15.5 Å². The Morgan fingerprint density at radius 1 is 1.48 bits per heavy atom. The highest BCUT2D eigenvalue weighted by atomic mass is 32.2. The molecule has 0 saturated carbocycles. The van der Waals surface area contributed by atoms with Crippen LogP contribution in [0.15, 0.2) is 27.2 Å². The number of carbonyl (C=O) groups is 1. The molecule has 0 radical (unpaired) electrons. The maximum atomic E-state index is 11.6. The molecular formula is C13H17N3O3S2. The molecular weight excluding hydrogens is 310 g/mol. The van der Waals surface area contributed by atoms with E-state index in [9.17, 15) is 4.79 Å². The molecule has 8 heteroatoms. The molecule has 114 valence electrons. The van der Waals surface area contributed by atoms with Crippen molar-refractivity contribution in [2.24, 2.45) is 0 Å². The van der Waals surface area contributed by atoms with Gasteiger partial charge in [0.15, 0.2) is 4.34 Å². The van der Waals surface area contributed by atoms with Crippen LogP contribution < -0.4 is 5.32 Å². The van der Waals surface area contributed by atoms with Gasteiger partial charge in [-0.2, -0.15) is 0 Å². The van der Waals surface area contributed by atoms with Gasteiger partial charge in [0, 0.05) is 0 Å². The van der Waals surface area contributed by atoms with E-state index in [1.807, 2.05) is 32.9 Å². The molecule has 0 saturated heterocycles. The molecule has 21 heavy (non-hydrogen) atoms. The minimum atomic E-state index is -0.464. The predicted molar refractivity (Wildman–Crippen MR) is 82.5 cm³/mol. The summed E-state index contributed by atoms with van der Waals surface area (Å²) in [4.78, 5) is 11.6. The Morgan fingerprint density at radius 2 is 2.29 bits per heavy atom. The summed E-state index contributed by atoms with van der Waals surface area (Å²) in [5.74, 6) is 0.797. The Kier molecular flexibility index (Phi) is 5.24. The second kappa shape index (κ2) is 6.95. The summed E-state index contributed by atoms with van der Waals surface area (Å²) < 4.78 is 11.2. The second-order valence-electron chi connectivity index (χ2n) is 5.18. The summed E-state index contributed by atoms with van der Waals surface area (Å²) in [5, 5.41) is 11.8. The molecule has 0 bridgehead atoms. The van der Waals surface area contributed by atoms with Gasteiger partial charge in [-0.05, 0) is 32.9 Å². The zero-order valence-corrected chi connectivity index (χ0v) is 13.7. The van der Waals surface area contributed by atoms with Crippen LogP contribution in [-0.2, 0) is 16.1 Å². The van der Waals surface area contributed by atoms with Crippen LogP contribution in [0.1, 0.15) is 26.5 Å². The SMILES string of the molecule is CC(C)(C)OC(=O)CSc1nnc(NCc2ccco2)s1. The number of thioether (sulfide) groups is 1. The standard InChI is InChI=1S/C13H17N3O3S2/c1-13(2,3)19-10(17)8-20-12-16-15-11(21-12)14-7-9-5-4-6-18-9/h4-6H,7-8H2,1-3H3,(H,14,15). The van der Waals surface area contributed by atoms with Crippen molar-refractivity contribution < 1.29 is 13.9 Å². The first-order chi connectivity index (χ1) is 9.92. The van der Waals surface area contributed by atoms with Gasteiger partial charge in [-0.1, -0.05) is 23.1 Å². The first-order valence-corrected chi connectivity index (χ1v) is 8.17. The number of esters is 1. The number of aromatic nitrogens is 2. The highest BCUT2D eigenvalue weighted by Crippen LogP contribution is 2.26. The lowest BCUT2D eigenvalue weighted by Gasteiger charge is -2.18. The summed E-state index contributed by atoms with van der Waals surface area (Å²) in [5.41, 5.74) is -0.464. The van der Waals surface area contributed by atoms with Crippen LogP contribution in [0.4, 0.5) is 5.13 Å². The van der Waals surface area contributed by atoms with Crippen molar-refractivity contribution in [1.82, 2.24) is 10.2 Å². The second-order valence-corrected chi connectivity index (χ2v) is 7.38. The largest absolute Gasteiger partial charge is 0.467 e. The normalized spacial score (nSPS) is 11.4. The molecule has 2 aromatic rings. The Hall–Kier alpha value is -1.54. The summed E-state index contributed by atoms with van der Waals surface area (Å²) in [6, 6.07) is 3.71. The van der Waals surface area contributed by atoms with E-state index in [1.54, 1.807) is 6.26 Å². The number of rotatable bonds is 6. The quantitative estimate of drug-likeness (QED) is 0.645. The fourth-order valence-corrected chi connectivity index (χ4v) is 2.93. The molecule has 0 aromatic carbocycles. The minimum absolute atomic E-state index is 0.226. The molecule has 0 fully saturated rings. The van der Waals surface area contributed by atoms with Crippen molar-refractivity contribution >= 4 is 34.2 Å². The summed E-state index contributed by atoms with van der Waals surface area (Å²) in [7, 11) is 0. The molecule has 2 heterocycles. The van der Waals surface area contributed by atoms with Gasteiger partial charge in [0.05, 0.1) is 18.6 Å². The number of anilines is 1. The number of nitrogens with one attached hydrogen (secondary N) is 1. The van der Waals surface area contributed by atoms with Crippen molar-refractivity contribution in [1.29, 1.82) is 0 Å². The molecule has 0 unspecified atom stereocenters. The van der Waals surface area contributed by atoms with Gasteiger partial charge < -0.3 is 14.5 Å². The Bertz CT molecular complexity index is 576. The number of ether oxygens (including phenoxy) is 1. The van der Waals surface area contributed by atoms with E-state index in [0.717, 1.165) is 10.1 Å². The molecule has 0 aliphatic carbocycles. The first kappa shape index (κ1) is 15.8. The zero-order valence-electron chi connectivity index (χ0n) is 12.1. The Labute approximate surface area is 131 Å². The van der Waals surface area contributed by atoms with E-state index in [4.69, 9.17) is 9.15 Å². The smallest absolute Gasteiger partial charge is 0.316 e. The average Bonchev–Trinajstić information content (AvgIpc) is 3.03. The van der Waals surface area contributed by atoms with Crippen LogP contribution in [0.5, 0.6) is 0 Å². The lowest BCUT2D eigenvalue weighted by atomic mass is 10.2. The van der Waals surface area contributed by atoms with E-state index < -0.39 is 5.60 Å². The zero-order chi connectivity index (χ0) is 15.3. The van der Waals surface area contributed by atoms with Crippen LogP contribution in [-0.4, -0.2) is 27.5 Å². The average molecular weight is 327 g/mol. The molecule has 6 nitrogen and oxygen atoms in total. The van der Waals surface area contributed by atoms with Crippen molar-refractivity contribution in [3.63, 3.8) is 0 Å². The van der Waals surface area contributed by atoms with Gasteiger partial charge >= 0.3 is 5.97 Å². The molecule has 0 atom stereocenters. The summed E-state index contributed by atoms with van der Waals surface area (Å²) >= 11 is 2.72. The van der Waals surface area contributed by atoms with Gasteiger partial charge in [-0.25, -0.2) is 0 Å². The number of nitrogens with zero attached hydrogens (tertiary/aromatic N) is 2. The number of hydrogen-bond acceptors (Lipinski definition) is 8. The maximum absolute atomic E-state index is 11.6. The molecule has 2 aromatic heterocycles. The van der Waals surface area contributed by atoms with Crippen molar-refractivity contribution in [3.05, 3.63) is 24.2 Å². The van der Waals surface area contributed by atoms with E-state index in [-0.39, 0.29) is 11.7 Å². The van der Waals surface area contributed by atoms with Gasteiger partial charge in [0.1, 0.15) is 11.4 Å². The lowest BCUT2D eigenvalue weighted by Crippen LogP contribution is -2.24. The van der Waals surface area contributed by atoms with Crippen LogP contribution in [0.2, 0.25) is 0 Å². The Balaban J connectivity index is 1.76. The molecule has 1 N–H and O–H groups in total. The minimum Gasteiger partial charge on any atom is -0.467 e. The van der Waals surface area contributed by atoms with Crippen LogP contribution in [0, 0.1) is 0 Å². The van der Waals surface area contributed by atoms with Gasteiger partial charge in [0.25, 0.3) is 0 Å². The van der Waals surface area contributed by atoms with E-state index >= 15 is 0 Å². The molecule has 0 aliphatic rings. The molecule has 0 spiro atoms. The highest BCUT2D eigenvalue weighted by Gasteiger charge is 2.17. The topological polar surface area (TPSA) is 77.2 Å². The number of carbonyl (C=O) groups excluding carboxylic acids is 1. The lowest BCUT2D eigenvalue weighted by molar-refractivity contribution is -0.151. The fourth-order valence-electron chi connectivity index (χ4n) is 1.41.